The van der Waals surface area contributed by atoms with Crippen molar-refractivity contribution >= 4 is 39.8 Å². The van der Waals surface area contributed by atoms with E-state index in [1.54, 1.807) is 23.6 Å². The number of benzene rings is 1. The second kappa shape index (κ2) is 8.14. The van der Waals surface area contributed by atoms with Crippen molar-refractivity contribution in [2.45, 2.75) is 25.7 Å². The van der Waals surface area contributed by atoms with Crippen LogP contribution < -0.4 is 10.6 Å². The molecule has 6 nitrogen and oxygen atoms in total. The topological polar surface area (TPSA) is 95.5 Å². The zero-order valence-corrected chi connectivity index (χ0v) is 14.9. The molecule has 0 spiro atoms. The van der Waals surface area contributed by atoms with Crippen LogP contribution in [0, 0.1) is 11.8 Å². The highest BCUT2D eigenvalue weighted by molar-refractivity contribution is 7.14. The number of amides is 2. The quantitative estimate of drug-likeness (QED) is 0.743. The fourth-order valence-electron chi connectivity index (χ4n) is 3.25. The third-order valence-corrected chi connectivity index (χ3v) is 5.43. The summed E-state index contributed by atoms with van der Waals surface area (Å²) in [5, 5.41) is 17.1. The van der Waals surface area contributed by atoms with Gasteiger partial charge in [-0.1, -0.05) is 31.0 Å². The van der Waals surface area contributed by atoms with Crippen LogP contribution in [0.4, 0.5) is 10.7 Å². The largest absolute Gasteiger partial charge is 0.481 e. The molecule has 0 radical (unpaired) electrons. The van der Waals surface area contributed by atoms with Gasteiger partial charge in [-0.15, -0.1) is 11.3 Å². The lowest BCUT2D eigenvalue weighted by atomic mass is 9.79. The van der Waals surface area contributed by atoms with Crippen LogP contribution in [0.5, 0.6) is 0 Å². The Hall–Kier alpha value is -2.67. The van der Waals surface area contributed by atoms with Crippen LogP contribution in [0.15, 0.2) is 41.8 Å². The van der Waals surface area contributed by atoms with Gasteiger partial charge in [0.2, 0.25) is 5.91 Å². The average Bonchev–Trinajstić information content (AvgIpc) is 3.10. The van der Waals surface area contributed by atoms with Gasteiger partial charge in [0.15, 0.2) is 0 Å². The maximum Gasteiger partial charge on any atom is 0.307 e. The number of hydrogen-bond acceptors (Lipinski definition) is 4. The number of carbonyl (C=O) groups excluding carboxylic acids is 2. The molecule has 136 valence electrons. The minimum absolute atomic E-state index is 0.314. The lowest BCUT2D eigenvalue weighted by Gasteiger charge is -2.27. The number of para-hydroxylation sites is 1. The van der Waals surface area contributed by atoms with Crippen LogP contribution in [0.3, 0.4) is 0 Å². The Morgan fingerprint density at radius 3 is 2.35 bits per heavy atom. The molecule has 0 saturated heterocycles. The molecule has 1 aromatic heterocycles. The normalized spacial score (nSPS) is 19.5. The molecule has 0 aliphatic heterocycles. The number of nitrogens with one attached hydrogen (secondary N) is 2. The summed E-state index contributed by atoms with van der Waals surface area (Å²) in [6.07, 6.45) is 2.73. The van der Waals surface area contributed by atoms with E-state index in [1.165, 1.54) is 11.3 Å². The first-order chi connectivity index (χ1) is 12.6. The average molecular weight is 372 g/mol. The Morgan fingerprint density at radius 2 is 1.65 bits per heavy atom. The second-order valence-corrected chi connectivity index (χ2v) is 7.22. The highest BCUT2D eigenvalue weighted by Gasteiger charge is 2.36. The number of carboxylic acid groups (broad SMARTS) is 1. The first-order valence-electron chi connectivity index (χ1n) is 8.54. The highest BCUT2D eigenvalue weighted by Crippen LogP contribution is 2.32. The summed E-state index contributed by atoms with van der Waals surface area (Å²) in [4.78, 5) is 36.5. The van der Waals surface area contributed by atoms with Gasteiger partial charge in [0.25, 0.3) is 5.91 Å². The van der Waals surface area contributed by atoms with Gasteiger partial charge in [0.1, 0.15) is 5.00 Å². The summed E-state index contributed by atoms with van der Waals surface area (Å²) in [6, 6.07) is 10.7. The van der Waals surface area contributed by atoms with Crippen molar-refractivity contribution in [1.29, 1.82) is 0 Å². The summed E-state index contributed by atoms with van der Waals surface area (Å²) >= 11 is 1.25. The van der Waals surface area contributed by atoms with Crippen molar-refractivity contribution in [2.24, 2.45) is 11.8 Å². The molecule has 26 heavy (non-hydrogen) atoms. The maximum absolute atomic E-state index is 12.6. The molecule has 1 aromatic carbocycles. The molecule has 2 amide bonds. The Kier molecular flexibility index (Phi) is 5.68. The molecule has 7 heteroatoms. The van der Waals surface area contributed by atoms with Crippen molar-refractivity contribution in [3.05, 3.63) is 47.3 Å². The molecule has 2 atom stereocenters. The zero-order valence-electron chi connectivity index (χ0n) is 14.1. The molecule has 1 aliphatic carbocycles. The van der Waals surface area contributed by atoms with Gasteiger partial charge in [0.05, 0.1) is 17.4 Å². The van der Waals surface area contributed by atoms with Gasteiger partial charge in [-0.05, 0) is 36.4 Å². The van der Waals surface area contributed by atoms with Gasteiger partial charge < -0.3 is 15.7 Å². The number of thiophene rings is 1. The molecule has 1 aliphatic rings. The number of aliphatic carboxylic acids is 1. The standard InChI is InChI=1S/C19H20N2O4S/c22-16(13-8-4-5-9-14(13)19(24)25)21-18-15(10-11-26-18)17(23)20-12-6-2-1-3-7-12/h1-3,6-7,10-11,13-14H,4-5,8-9H2,(H,20,23)(H,21,22)(H,24,25). The van der Waals surface area contributed by atoms with Crippen LogP contribution in [-0.4, -0.2) is 22.9 Å². The number of anilines is 2. The van der Waals surface area contributed by atoms with Gasteiger partial charge in [-0.3, -0.25) is 14.4 Å². The van der Waals surface area contributed by atoms with E-state index >= 15 is 0 Å². The molecule has 3 N–H and O–H groups in total. The summed E-state index contributed by atoms with van der Waals surface area (Å²) < 4.78 is 0. The van der Waals surface area contributed by atoms with Crippen molar-refractivity contribution in [3.8, 4) is 0 Å². The first-order valence-corrected chi connectivity index (χ1v) is 9.42. The van der Waals surface area contributed by atoms with Crippen LogP contribution in [-0.2, 0) is 9.59 Å². The van der Waals surface area contributed by atoms with Crippen LogP contribution in [0.25, 0.3) is 0 Å². The van der Waals surface area contributed by atoms with Crippen molar-refractivity contribution in [1.82, 2.24) is 0 Å². The number of rotatable bonds is 5. The Balaban J connectivity index is 1.71. The first kappa shape index (κ1) is 18.1. The van der Waals surface area contributed by atoms with E-state index < -0.39 is 17.8 Å². The number of carbonyl (C=O) groups is 3. The van der Waals surface area contributed by atoms with Gasteiger partial charge in [-0.2, -0.15) is 0 Å². The second-order valence-electron chi connectivity index (χ2n) is 6.31. The molecule has 0 bridgehead atoms. The summed E-state index contributed by atoms with van der Waals surface area (Å²) in [7, 11) is 0. The summed E-state index contributed by atoms with van der Waals surface area (Å²) in [5.41, 5.74) is 1.04. The van der Waals surface area contributed by atoms with E-state index in [0.29, 0.717) is 29.1 Å². The fraction of sp³-hybridized carbons (Fsp3) is 0.316. The van der Waals surface area contributed by atoms with Gasteiger partial charge in [-0.25, -0.2) is 0 Å². The lowest BCUT2D eigenvalue weighted by molar-refractivity contribution is -0.147. The fourth-order valence-corrected chi connectivity index (χ4v) is 4.04. The van der Waals surface area contributed by atoms with Crippen molar-refractivity contribution in [2.75, 3.05) is 10.6 Å². The molecule has 1 heterocycles. The maximum atomic E-state index is 12.6. The molecular weight excluding hydrogens is 352 g/mol. The third kappa shape index (κ3) is 4.11. The predicted molar refractivity (Wildman–Crippen MR) is 100 cm³/mol. The smallest absolute Gasteiger partial charge is 0.307 e. The van der Waals surface area contributed by atoms with E-state index in [1.807, 2.05) is 18.2 Å². The van der Waals surface area contributed by atoms with Crippen molar-refractivity contribution < 1.29 is 19.5 Å². The van der Waals surface area contributed by atoms with Crippen LogP contribution >= 0.6 is 11.3 Å². The zero-order chi connectivity index (χ0) is 18.5. The van der Waals surface area contributed by atoms with E-state index in [9.17, 15) is 19.5 Å². The predicted octanol–water partition coefficient (Wildman–Crippen LogP) is 3.83. The third-order valence-electron chi connectivity index (χ3n) is 4.60. The molecule has 1 saturated carbocycles. The minimum atomic E-state index is -0.932. The minimum Gasteiger partial charge on any atom is -0.481 e. The number of carboxylic acids is 1. The number of hydrogen-bond donors (Lipinski definition) is 3. The molecular formula is C19H20N2O4S. The van der Waals surface area contributed by atoms with Gasteiger partial charge >= 0.3 is 5.97 Å². The Morgan fingerprint density at radius 1 is 0.962 bits per heavy atom. The lowest BCUT2D eigenvalue weighted by Crippen LogP contribution is -2.36. The van der Waals surface area contributed by atoms with E-state index in [-0.39, 0.29) is 11.8 Å². The van der Waals surface area contributed by atoms with Crippen molar-refractivity contribution in [3.63, 3.8) is 0 Å². The van der Waals surface area contributed by atoms with Crippen LogP contribution in [0.2, 0.25) is 0 Å². The monoisotopic (exact) mass is 372 g/mol. The Bertz CT molecular complexity index is 803. The van der Waals surface area contributed by atoms with E-state index in [0.717, 1.165) is 12.8 Å². The summed E-state index contributed by atoms with van der Waals surface area (Å²) in [5.74, 6) is -2.80. The van der Waals surface area contributed by atoms with E-state index in [2.05, 4.69) is 10.6 Å². The van der Waals surface area contributed by atoms with E-state index in [4.69, 9.17) is 0 Å². The van der Waals surface area contributed by atoms with Gasteiger partial charge in [0, 0.05) is 5.69 Å². The molecule has 2 unspecified atom stereocenters. The Labute approximate surface area is 155 Å². The summed E-state index contributed by atoms with van der Waals surface area (Å²) in [6.45, 7) is 0. The molecule has 2 aromatic rings. The highest BCUT2D eigenvalue weighted by atomic mass is 32.1. The molecule has 1 fully saturated rings. The SMILES string of the molecule is O=C(Nc1ccccc1)c1ccsc1NC(=O)C1CCCCC1C(=O)O. The van der Waals surface area contributed by atoms with Crippen LogP contribution in [0.1, 0.15) is 36.0 Å². The molecule has 3 rings (SSSR count).